The van der Waals surface area contributed by atoms with Gasteiger partial charge in [0, 0.05) is 6.07 Å². The molecular formula is C19H20O8. The molecule has 0 radical (unpaired) electrons. The lowest BCUT2D eigenvalue weighted by Gasteiger charge is -2.18. The number of hydrogen-bond donors (Lipinski definition) is 0. The standard InChI is InChI=1S/C19H20O8/c1-21-9-7-10-13(20)12-15(23-3)17(24-4)19(26-6)18(25-5)16(12)27-14(10)11(8-9)22-2/h7-8H,1-6H3. The van der Waals surface area contributed by atoms with E-state index >= 15 is 0 Å². The van der Waals surface area contributed by atoms with Gasteiger partial charge in [-0.3, -0.25) is 4.79 Å². The molecule has 0 fully saturated rings. The summed E-state index contributed by atoms with van der Waals surface area (Å²) in [6, 6.07) is 3.20. The summed E-state index contributed by atoms with van der Waals surface area (Å²) in [5.74, 6) is 1.67. The van der Waals surface area contributed by atoms with Gasteiger partial charge in [-0.15, -0.1) is 0 Å². The molecule has 0 aliphatic heterocycles. The number of rotatable bonds is 6. The van der Waals surface area contributed by atoms with Crippen molar-refractivity contribution in [1.29, 1.82) is 0 Å². The maximum Gasteiger partial charge on any atom is 0.211 e. The third-order valence-corrected chi connectivity index (χ3v) is 4.26. The molecule has 0 saturated carbocycles. The monoisotopic (exact) mass is 376 g/mol. The summed E-state index contributed by atoms with van der Waals surface area (Å²) >= 11 is 0. The molecule has 144 valence electrons. The van der Waals surface area contributed by atoms with Crippen molar-refractivity contribution in [2.45, 2.75) is 0 Å². The molecule has 8 heteroatoms. The molecular weight excluding hydrogens is 356 g/mol. The zero-order valence-corrected chi connectivity index (χ0v) is 15.9. The highest BCUT2D eigenvalue weighted by Gasteiger charge is 2.28. The highest BCUT2D eigenvalue weighted by atomic mass is 16.5. The average molecular weight is 376 g/mol. The predicted octanol–water partition coefficient (Wildman–Crippen LogP) is 3.00. The van der Waals surface area contributed by atoms with Gasteiger partial charge in [-0.05, 0) is 6.07 Å². The van der Waals surface area contributed by atoms with E-state index in [1.54, 1.807) is 12.1 Å². The van der Waals surface area contributed by atoms with Gasteiger partial charge in [0.15, 0.2) is 22.7 Å². The van der Waals surface area contributed by atoms with Crippen molar-refractivity contribution in [2.75, 3.05) is 42.7 Å². The van der Waals surface area contributed by atoms with Crippen LogP contribution in [0.3, 0.4) is 0 Å². The number of hydrogen-bond acceptors (Lipinski definition) is 8. The quantitative estimate of drug-likeness (QED) is 0.607. The Labute approximate surface area is 155 Å². The second-order valence-corrected chi connectivity index (χ2v) is 5.47. The van der Waals surface area contributed by atoms with Crippen LogP contribution in [0, 0.1) is 0 Å². The highest BCUT2D eigenvalue weighted by Crippen LogP contribution is 2.50. The van der Waals surface area contributed by atoms with E-state index < -0.39 is 0 Å². The fourth-order valence-electron chi connectivity index (χ4n) is 3.05. The van der Waals surface area contributed by atoms with Gasteiger partial charge in [-0.25, -0.2) is 0 Å². The van der Waals surface area contributed by atoms with Crippen molar-refractivity contribution in [2.24, 2.45) is 0 Å². The Morgan fingerprint density at radius 2 is 1.26 bits per heavy atom. The van der Waals surface area contributed by atoms with Crippen LogP contribution in [-0.4, -0.2) is 42.7 Å². The summed E-state index contributed by atoms with van der Waals surface area (Å²) < 4.78 is 38.4. The molecule has 3 aromatic rings. The Bertz CT molecular complexity index is 1070. The maximum atomic E-state index is 13.3. The Hall–Kier alpha value is -3.29. The Morgan fingerprint density at radius 1 is 0.667 bits per heavy atom. The van der Waals surface area contributed by atoms with E-state index in [0.717, 1.165) is 0 Å². The van der Waals surface area contributed by atoms with Crippen LogP contribution >= 0.6 is 0 Å². The summed E-state index contributed by atoms with van der Waals surface area (Å²) in [7, 11) is 8.75. The second-order valence-electron chi connectivity index (χ2n) is 5.47. The Balaban J connectivity index is 2.65. The van der Waals surface area contributed by atoms with Crippen molar-refractivity contribution in [3.8, 4) is 34.5 Å². The first-order valence-corrected chi connectivity index (χ1v) is 7.94. The van der Waals surface area contributed by atoms with Crippen molar-refractivity contribution >= 4 is 21.9 Å². The number of fused-ring (bicyclic) bond motifs is 2. The van der Waals surface area contributed by atoms with Crippen LogP contribution in [0.1, 0.15) is 0 Å². The average Bonchev–Trinajstić information content (AvgIpc) is 2.71. The lowest BCUT2D eigenvalue weighted by atomic mass is 10.1. The number of methoxy groups -OCH3 is 6. The first-order valence-electron chi connectivity index (χ1n) is 7.94. The molecule has 0 saturated heterocycles. The van der Waals surface area contributed by atoms with E-state index in [9.17, 15) is 4.79 Å². The second kappa shape index (κ2) is 7.14. The van der Waals surface area contributed by atoms with Gasteiger partial charge >= 0.3 is 0 Å². The molecule has 3 rings (SSSR count). The largest absolute Gasteiger partial charge is 0.497 e. The first-order chi connectivity index (χ1) is 13.1. The van der Waals surface area contributed by atoms with Gasteiger partial charge in [-0.2, -0.15) is 0 Å². The minimum Gasteiger partial charge on any atom is -0.497 e. The van der Waals surface area contributed by atoms with Gasteiger partial charge in [0.1, 0.15) is 11.1 Å². The van der Waals surface area contributed by atoms with E-state index in [0.29, 0.717) is 11.5 Å². The highest BCUT2D eigenvalue weighted by molar-refractivity contribution is 6.01. The topological polar surface area (TPSA) is 85.6 Å². The summed E-state index contributed by atoms with van der Waals surface area (Å²) in [5.41, 5.74) is 0.0656. The van der Waals surface area contributed by atoms with Crippen LogP contribution in [0.2, 0.25) is 0 Å². The van der Waals surface area contributed by atoms with E-state index in [1.165, 1.54) is 42.7 Å². The van der Waals surface area contributed by atoms with Crippen molar-refractivity contribution in [3.05, 3.63) is 22.4 Å². The van der Waals surface area contributed by atoms with Gasteiger partial charge in [0.25, 0.3) is 0 Å². The van der Waals surface area contributed by atoms with Crippen LogP contribution in [0.4, 0.5) is 0 Å². The van der Waals surface area contributed by atoms with Gasteiger partial charge < -0.3 is 32.8 Å². The lowest BCUT2D eigenvalue weighted by molar-refractivity contribution is 0.307. The minimum absolute atomic E-state index is 0.160. The zero-order chi connectivity index (χ0) is 19.7. The molecule has 0 atom stereocenters. The van der Waals surface area contributed by atoms with Crippen LogP contribution in [0.25, 0.3) is 21.9 Å². The minimum atomic E-state index is -0.348. The third-order valence-electron chi connectivity index (χ3n) is 4.26. The Morgan fingerprint density at radius 3 is 1.78 bits per heavy atom. The molecule has 0 bridgehead atoms. The van der Waals surface area contributed by atoms with E-state index in [1.807, 2.05) is 0 Å². The van der Waals surface area contributed by atoms with Crippen LogP contribution < -0.4 is 33.8 Å². The summed E-state index contributed by atoms with van der Waals surface area (Å²) in [4.78, 5) is 13.3. The number of ether oxygens (including phenoxy) is 6. The number of benzene rings is 2. The van der Waals surface area contributed by atoms with Crippen LogP contribution in [0.15, 0.2) is 21.3 Å². The molecule has 2 aromatic carbocycles. The van der Waals surface area contributed by atoms with Crippen molar-refractivity contribution in [1.82, 2.24) is 0 Å². The Kier molecular flexibility index (Phi) is 4.89. The molecule has 8 nitrogen and oxygen atoms in total. The summed E-state index contributed by atoms with van der Waals surface area (Å²) in [6.45, 7) is 0. The molecule has 0 spiro atoms. The molecule has 0 aliphatic carbocycles. The lowest BCUT2D eigenvalue weighted by Crippen LogP contribution is -2.08. The normalized spacial score (nSPS) is 10.7. The van der Waals surface area contributed by atoms with E-state index in [2.05, 4.69) is 0 Å². The van der Waals surface area contributed by atoms with Crippen LogP contribution in [-0.2, 0) is 0 Å². The molecule has 0 unspecified atom stereocenters. The molecule has 0 aliphatic rings. The summed E-state index contributed by atoms with van der Waals surface area (Å²) in [5, 5.41) is 0.432. The smallest absolute Gasteiger partial charge is 0.211 e. The molecule has 27 heavy (non-hydrogen) atoms. The predicted molar refractivity (Wildman–Crippen MR) is 99.3 cm³/mol. The first kappa shape index (κ1) is 18.5. The van der Waals surface area contributed by atoms with Crippen LogP contribution in [0.5, 0.6) is 34.5 Å². The molecule has 0 N–H and O–H groups in total. The fraction of sp³-hybridized carbons (Fsp3) is 0.316. The fourth-order valence-corrected chi connectivity index (χ4v) is 3.05. The third kappa shape index (κ3) is 2.64. The maximum absolute atomic E-state index is 13.3. The van der Waals surface area contributed by atoms with E-state index in [-0.39, 0.29) is 50.4 Å². The van der Waals surface area contributed by atoms with Gasteiger partial charge in [-0.1, -0.05) is 0 Å². The summed E-state index contributed by atoms with van der Waals surface area (Å²) in [6.07, 6.45) is 0. The van der Waals surface area contributed by atoms with Crippen molar-refractivity contribution < 1.29 is 32.8 Å². The molecule has 1 aromatic heterocycles. The molecule has 0 amide bonds. The SMILES string of the molecule is COc1cc(OC)c2oc3c(OC)c(OC)c(OC)c(OC)c3c(=O)c2c1. The molecule has 1 heterocycles. The van der Waals surface area contributed by atoms with E-state index in [4.69, 9.17) is 32.8 Å². The zero-order valence-electron chi connectivity index (χ0n) is 15.9. The van der Waals surface area contributed by atoms with Gasteiger partial charge in [0.05, 0.1) is 48.0 Å². The van der Waals surface area contributed by atoms with Crippen molar-refractivity contribution in [3.63, 3.8) is 0 Å². The van der Waals surface area contributed by atoms with Gasteiger partial charge in [0.2, 0.25) is 22.7 Å².